The van der Waals surface area contributed by atoms with Gasteiger partial charge in [-0.15, -0.1) is 0 Å². The second-order valence-corrected chi connectivity index (χ2v) is 5.70. The van der Waals surface area contributed by atoms with E-state index in [0.29, 0.717) is 13.0 Å². The molecule has 0 fully saturated rings. The van der Waals surface area contributed by atoms with E-state index >= 15 is 0 Å². The second kappa shape index (κ2) is 8.52. The molecule has 0 radical (unpaired) electrons. The van der Waals surface area contributed by atoms with Crippen LogP contribution in [-0.4, -0.2) is 24.4 Å². The normalized spacial score (nSPS) is 13.4. The quantitative estimate of drug-likeness (QED) is 0.558. The van der Waals surface area contributed by atoms with Crippen LogP contribution in [0.15, 0.2) is 24.3 Å². The van der Waals surface area contributed by atoms with Crippen molar-refractivity contribution in [1.29, 1.82) is 0 Å². The van der Waals surface area contributed by atoms with Gasteiger partial charge < -0.3 is 5.32 Å². The van der Waals surface area contributed by atoms with E-state index in [4.69, 9.17) is 0 Å². The fraction of sp³-hybridized carbons (Fsp3) is 0.571. The molecule has 1 rings (SSSR count). The van der Waals surface area contributed by atoms with Crippen molar-refractivity contribution in [2.45, 2.75) is 31.2 Å². The highest BCUT2D eigenvalue weighted by molar-refractivity contribution is 8.00. The number of thioether (sulfide) groups is 1. The summed E-state index contributed by atoms with van der Waals surface area (Å²) in [5.74, 6) is -0.475. The van der Waals surface area contributed by atoms with Gasteiger partial charge in [0.2, 0.25) is 0 Å². The first-order valence-corrected chi connectivity index (χ1v) is 7.58. The first-order chi connectivity index (χ1) is 9.42. The summed E-state index contributed by atoms with van der Waals surface area (Å²) >= 11 is -0.0216. The number of benzene rings is 1. The number of hydrogen-bond donors (Lipinski definition) is 1. The van der Waals surface area contributed by atoms with Gasteiger partial charge in [-0.05, 0) is 43.0 Å². The van der Waals surface area contributed by atoms with Gasteiger partial charge in [-0.1, -0.05) is 30.8 Å². The van der Waals surface area contributed by atoms with Crippen LogP contribution >= 0.6 is 11.8 Å². The summed E-state index contributed by atoms with van der Waals surface area (Å²) in [7, 11) is 0. The first kappa shape index (κ1) is 17.3. The minimum atomic E-state index is -4.21. The lowest BCUT2D eigenvalue weighted by atomic mass is 9.96. The van der Waals surface area contributed by atoms with Crippen LogP contribution in [0, 0.1) is 5.82 Å². The van der Waals surface area contributed by atoms with E-state index in [1.165, 1.54) is 12.1 Å². The molecule has 1 unspecified atom stereocenters. The van der Waals surface area contributed by atoms with Crippen LogP contribution in [0.4, 0.5) is 17.6 Å². The van der Waals surface area contributed by atoms with E-state index in [-0.39, 0.29) is 29.2 Å². The zero-order valence-electron chi connectivity index (χ0n) is 11.3. The first-order valence-electron chi connectivity index (χ1n) is 6.59. The fourth-order valence-corrected chi connectivity index (χ4v) is 2.55. The van der Waals surface area contributed by atoms with Crippen LogP contribution in [0.2, 0.25) is 0 Å². The van der Waals surface area contributed by atoms with E-state index in [9.17, 15) is 17.6 Å². The van der Waals surface area contributed by atoms with Crippen molar-refractivity contribution < 1.29 is 17.6 Å². The van der Waals surface area contributed by atoms with Crippen LogP contribution < -0.4 is 5.32 Å². The molecule has 0 aromatic heterocycles. The van der Waals surface area contributed by atoms with Crippen molar-refractivity contribution in [3.8, 4) is 0 Å². The van der Waals surface area contributed by atoms with E-state index < -0.39 is 5.51 Å². The van der Waals surface area contributed by atoms with Gasteiger partial charge >= 0.3 is 5.51 Å². The Morgan fingerprint density at radius 2 is 2.05 bits per heavy atom. The number of rotatable bonds is 8. The van der Waals surface area contributed by atoms with Gasteiger partial charge in [-0.3, -0.25) is 0 Å². The topological polar surface area (TPSA) is 12.0 Å². The minimum absolute atomic E-state index is 0.0154. The van der Waals surface area contributed by atoms with Crippen LogP contribution in [-0.2, 0) is 0 Å². The Balaban J connectivity index is 2.60. The molecule has 20 heavy (non-hydrogen) atoms. The smallest absolute Gasteiger partial charge is 0.316 e. The van der Waals surface area contributed by atoms with Crippen molar-refractivity contribution in [2.24, 2.45) is 0 Å². The molecule has 0 aliphatic rings. The average molecular weight is 309 g/mol. The molecule has 0 amide bonds. The van der Waals surface area contributed by atoms with E-state index in [0.717, 1.165) is 18.5 Å². The predicted octanol–water partition coefficient (Wildman–Crippen LogP) is 4.55. The van der Waals surface area contributed by atoms with E-state index in [1.807, 2.05) is 6.92 Å². The third-order valence-electron chi connectivity index (χ3n) is 2.87. The largest absolute Gasteiger partial charge is 0.441 e. The lowest BCUT2D eigenvalue weighted by Crippen LogP contribution is -2.23. The Morgan fingerprint density at radius 3 is 2.65 bits per heavy atom. The van der Waals surface area contributed by atoms with Crippen LogP contribution in [0.25, 0.3) is 0 Å². The van der Waals surface area contributed by atoms with Crippen LogP contribution in [0.5, 0.6) is 0 Å². The van der Waals surface area contributed by atoms with Crippen molar-refractivity contribution in [3.63, 3.8) is 0 Å². The second-order valence-electron chi connectivity index (χ2n) is 4.54. The van der Waals surface area contributed by atoms with Crippen molar-refractivity contribution >= 4 is 11.8 Å². The predicted molar refractivity (Wildman–Crippen MR) is 75.4 cm³/mol. The standard InChI is InChI=1S/C14H19F4NS/c1-2-7-19-10-12(6-8-20-14(16,17)18)11-4-3-5-13(15)9-11/h3-5,9,12,19H,2,6-8,10H2,1H3. The maximum atomic E-state index is 13.2. The van der Waals surface area contributed by atoms with Crippen molar-refractivity contribution in [2.75, 3.05) is 18.8 Å². The third-order valence-corrected chi connectivity index (χ3v) is 3.64. The summed E-state index contributed by atoms with van der Waals surface area (Å²) in [6.45, 7) is 3.39. The monoisotopic (exact) mass is 309 g/mol. The van der Waals surface area contributed by atoms with Gasteiger partial charge in [0, 0.05) is 12.3 Å². The summed E-state index contributed by atoms with van der Waals surface area (Å²) in [5, 5.41) is 3.19. The Kier molecular flexibility index (Phi) is 7.37. The fourth-order valence-electron chi connectivity index (χ4n) is 1.92. The highest BCUT2D eigenvalue weighted by Crippen LogP contribution is 2.32. The van der Waals surface area contributed by atoms with Crippen molar-refractivity contribution in [1.82, 2.24) is 5.32 Å². The van der Waals surface area contributed by atoms with Crippen LogP contribution in [0.1, 0.15) is 31.2 Å². The molecule has 1 aromatic carbocycles. The maximum absolute atomic E-state index is 13.2. The lowest BCUT2D eigenvalue weighted by molar-refractivity contribution is -0.0328. The van der Waals surface area contributed by atoms with Gasteiger partial charge in [0.05, 0.1) is 0 Å². The Bertz CT molecular complexity index is 395. The highest BCUT2D eigenvalue weighted by Gasteiger charge is 2.28. The number of hydrogen-bond acceptors (Lipinski definition) is 2. The average Bonchev–Trinajstić information content (AvgIpc) is 2.36. The summed E-state index contributed by atoms with van der Waals surface area (Å²) in [6, 6.07) is 6.09. The molecular formula is C14H19F4NS. The zero-order valence-corrected chi connectivity index (χ0v) is 12.2. The number of halogens is 4. The van der Waals surface area contributed by atoms with Crippen molar-refractivity contribution in [3.05, 3.63) is 35.6 Å². The molecule has 1 atom stereocenters. The third kappa shape index (κ3) is 7.14. The minimum Gasteiger partial charge on any atom is -0.316 e. The molecule has 1 N–H and O–H groups in total. The van der Waals surface area contributed by atoms with E-state index in [2.05, 4.69) is 5.32 Å². The molecular weight excluding hydrogens is 290 g/mol. The van der Waals surface area contributed by atoms with Crippen LogP contribution in [0.3, 0.4) is 0 Å². The molecule has 0 aliphatic carbocycles. The molecule has 0 saturated carbocycles. The maximum Gasteiger partial charge on any atom is 0.441 e. The molecule has 0 heterocycles. The molecule has 1 nitrogen and oxygen atoms in total. The molecule has 1 aromatic rings. The molecule has 6 heteroatoms. The summed E-state index contributed by atoms with van der Waals surface area (Å²) < 4.78 is 49.7. The van der Waals surface area contributed by atoms with Gasteiger partial charge in [-0.25, -0.2) is 4.39 Å². The van der Waals surface area contributed by atoms with Gasteiger partial charge in [0.25, 0.3) is 0 Å². The zero-order chi connectivity index (χ0) is 15.0. The Labute approximate surface area is 121 Å². The Morgan fingerprint density at radius 1 is 1.30 bits per heavy atom. The SMILES string of the molecule is CCCNCC(CCSC(F)(F)F)c1cccc(F)c1. The summed E-state index contributed by atoms with van der Waals surface area (Å²) in [6.07, 6.45) is 1.32. The summed E-state index contributed by atoms with van der Waals surface area (Å²) in [5.41, 5.74) is -3.46. The number of nitrogens with one attached hydrogen (secondary N) is 1. The highest BCUT2D eigenvalue weighted by atomic mass is 32.2. The molecule has 0 bridgehead atoms. The molecule has 114 valence electrons. The Hall–Kier alpha value is -0.750. The van der Waals surface area contributed by atoms with Gasteiger partial charge in [-0.2, -0.15) is 13.2 Å². The lowest BCUT2D eigenvalue weighted by Gasteiger charge is -2.18. The molecule has 0 aliphatic heterocycles. The molecule has 0 spiro atoms. The van der Waals surface area contributed by atoms with Gasteiger partial charge in [0.15, 0.2) is 0 Å². The number of alkyl halides is 3. The van der Waals surface area contributed by atoms with Gasteiger partial charge in [0.1, 0.15) is 5.82 Å². The van der Waals surface area contributed by atoms with E-state index in [1.54, 1.807) is 12.1 Å². The molecule has 0 saturated heterocycles. The summed E-state index contributed by atoms with van der Waals surface area (Å²) in [4.78, 5) is 0.